The fourth-order valence-electron chi connectivity index (χ4n) is 5.83. The first-order valence-electron chi connectivity index (χ1n) is 12.6. The van der Waals surface area contributed by atoms with Crippen molar-refractivity contribution in [2.24, 2.45) is 10.5 Å². The van der Waals surface area contributed by atoms with Gasteiger partial charge >= 0.3 is 5.97 Å². The van der Waals surface area contributed by atoms with Crippen molar-refractivity contribution in [3.8, 4) is 0 Å². The predicted octanol–water partition coefficient (Wildman–Crippen LogP) is 3.31. The molecule has 3 aliphatic rings. The van der Waals surface area contributed by atoms with E-state index in [1.165, 1.54) is 10.7 Å². The molecular formula is C28H28N6O3. The molecule has 9 nitrogen and oxygen atoms in total. The number of nitrogens with zero attached hydrogens (tertiary/aromatic N) is 6. The van der Waals surface area contributed by atoms with E-state index in [-0.39, 0.29) is 17.9 Å². The number of benzene rings is 2. The molecule has 3 aliphatic heterocycles. The minimum atomic E-state index is -0.832. The highest BCUT2D eigenvalue weighted by molar-refractivity contribution is 6.20. The number of fused-ring (bicyclic) bond motifs is 4. The normalized spacial score (nSPS) is 22.5. The Kier molecular flexibility index (Phi) is 5.62. The van der Waals surface area contributed by atoms with Gasteiger partial charge in [0, 0.05) is 37.7 Å². The van der Waals surface area contributed by atoms with Crippen LogP contribution >= 0.6 is 0 Å². The number of esters is 1. The molecule has 0 bridgehead atoms. The highest BCUT2D eigenvalue weighted by Crippen LogP contribution is 2.48. The van der Waals surface area contributed by atoms with E-state index < -0.39 is 5.41 Å². The van der Waals surface area contributed by atoms with Crippen molar-refractivity contribution >= 4 is 34.9 Å². The SMILES string of the molecule is CCOC(=O)c1ccc(N2N=C(C)[C@]3(Cc4ccccc4N4CCN(c5ncccn5)C[C@H]43)C2=O)cc1. The molecule has 2 atom stereocenters. The molecule has 1 amide bonds. The molecule has 6 rings (SSSR count). The first-order valence-corrected chi connectivity index (χ1v) is 12.6. The highest BCUT2D eigenvalue weighted by atomic mass is 16.5. The zero-order valence-electron chi connectivity index (χ0n) is 20.9. The minimum Gasteiger partial charge on any atom is -0.462 e. The summed E-state index contributed by atoms with van der Waals surface area (Å²) >= 11 is 0. The molecule has 1 spiro atoms. The third-order valence-corrected chi connectivity index (χ3v) is 7.65. The molecule has 37 heavy (non-hydrogen) atoms. The largest absolute Gasteiger partial charge is 0.462 e. The van der Waals surface area contributed by atoms with Crippen LogP contribution in [0, 0.1) is 5.41 Å². The van der Waals surface area contributed by atoms with Crippen LogP contribution in [0.5, 0.6) is 0 Å². The van der Waals surface area contributed by atoms with E-state index in [0.717, 1.165) is 24.4 Å². The van der Waals surface area contributed by atoms with Crippen molar-refractivity contribution in [3.63, 3.8) is 0 Å². The predicted molar refractivity (Wildman–Crippen MR) is 141 cm³/mol. The van der Waals surface area contributed by atoms with Crippen molar-refractivity contribution in [2.75, 3.05) is 41.0 Å². The van der Waals surface area contributed by atoms with Crippen LogP contribution in [-0.2, 0) is 16.0 Å². The Labute approximate surface area is 215 Å². The fourth-order valence-corrected chi connectivity index (χ4v) is 5.83. The van der Waals surface area contributed by atoms with Crippen LogP contribution in [-0.4, -0.2) is 59.8 Å². The summed E-state index contributed by atoms with van der Waals surface area (Å²) in [4.78, 5) is 39.9. The van der Waals surface area contributed by atoms with Gasteiger partial charge in [0.25, 0.3) is 5.91 Å². The van der Waals surface area contributed by atoms with Gasteiger partial charge in [0.15, 0.2) is 0 Å². The molecule has 0 radical (unpaired) electrons. The molecule has 1 saturated heterocycles. The fraction of sp³-hybridized carbons (Fsp3) is 0.321. The van der Waals surface area contributed by atoms with Crippen LogP contribution in [0.3, 0.4) is 0 Å². The van der Waals surface area contributed by atoms with Gasteiger partial charge in [-0.25, -0.2) is 14.8 Å². The molecule has 4 heterocycles. The lowest BCUT2D eigenvalue weighted by Gasteiger charge is -2.53. The van der Waals surface area contributed by atoms with E-state index >= 15 is 0 Å². The van der Waals surface area contributed by atoms with Gasteiger partial charge in [-0.15, -0.1) is 0 Å². The van der Waals surface area contributed by atoms with Crippen molar-refractivity contribution in [1.82, 2.24) is 9.97 Å². The second-order valence-electron chi connectivity index (χ2n) is 9.55. The van der Waals surface area contributed by atoms with Crippen LogP contribution in [0.4, 0.5) is 17.3 Å². The number of hydrazone groups is 1. The van der Waals surface area contributed by atoms with Crippen LogP contribution in [0.25, 0.3) is 0 Å². The van der Waals surface area contributed by atoms with Crippen molar-refractivity contribution in [1.29, 1.82) is 0 Å². The molecule has 0 aliphatic carbocycles. The second kappa shape index (κ2) is 8.99. The van der Waals surface area contributed by atoms with Crippen LogP contribution in [0.1, 0.15) is 29.8 Å². The lowest BCUT2D eigenvalue weighted by atomic mass is 9.67. The summed E-state index contributed by atoms with van der Waals surface area (Å²) in [5.41, 5.74) is 3.33. The minimum absolute atomic E-state index is 0.0609. The number of hydrogen-bond donors (Lipinski definition) is 0. The lowest BCUT2D eigenvalue weighted by Crippen LogP contribution is -2.67. The quantitative estimate of drug-likeness (QED) is 0.512. The molecule has 9 heteroatoms. The van der Waals surface area contributed by atoms with Gasteiger partial charge in [-0.1, -0.05) is 18.2 Å². The van der Waals surface area contributed by atoms with E-state index in [1.807, 2.05) is 13.0 Å². The lowest BCUT2D eigenvalue weighted by molar-refractivity contribution is -0.125. The summed E-state index contributed by atoms with van der Waals surface area (Å²) in [6, 6.07) is 16.8. The molecule has 2 aromatic carbocycles. The average molecular weight is 497 g/mol. The van der Waals surface area contributed by atoms with Gasteiger partial charge in [0.2, 0.25) is 5.95 Å². The smallest absolute Gasteiger partial charge is 0.338 e. The van der Waals surface area contributed by atoms with Crippen molar-refractivity contribution in [2.45, 2.75) is 26.3 Å². The zero-order chi connectivity index (χ0) is 25.6. The van der Waals surface area contributed by atoms with Gasteiger partial charge in [-0.05, 0) is 62.2 Å². The third-order valence-electron chi connectivity index (χ3n) is 7.65. The molecule has 1 aromatic heterocycles. The summed E-state index contributed by atoms with van der Waals surface area (Å²) in [5.74, 6) is 0.222. The van der Waals surface area contributed by atoms with E-state index in [1.54, 1.807) is 49.6 Å². The standard InChI is InChI=1S/C28H28N6O3/c1-3-37-25(35)20-9-11-22(12-10-20)34-26(36)28(19(2)31-34)17-21-7-4-5-8-23(21)33-16-15-32(18-24(28)33)27-29-13-6-14-30-27/h4-14,24H,3,15-18H2,1-2H3/t24-,28-/m0/s1. The topological polar surface area (TPSA) is 91.2 Å². The summed E-state index contributed by atoms with van der Waals surface area (Å²) in [7, 11) is 0. The van der Waals surface area contributed by atoms with Crippen molar-refractivity contribution < 1.29 is 14.3 Å². The summed E-state index contributed by atoms with van der Waals surface area (Å²) in [6.07, 6.45) is 4.06. The third kappa shape index (κ3) is 3.64. The van der Waals surface area contributed by atoms with E-state index in [0.29, 0.717) is 36.8 Å². The Morgan fingerprint density at radius 1 is 1.05 bits per heavy atom. The number of anilines is 3. The Balaban J connectivity index is 1.38. The maximum absolute atomic E-state index is 14.4. The van der Waals surface area contributed by atoms with Gasteiger partial charge in [0.05, 0.1) is 29.6 Å². The molecule has 0 N–H and O–H groups in total. The molecule has 3 aromatic rings. The van der Waals surface area contributed by atoms with Crippen LogP contribution < -0.4 is 14.8 Å². The zero-order valence-corrected chi connectivity index (χ0v) is 20.9. The van der Waals surface area contributed by atoms with E-state index in [4.69, 9.17) is 9.84 Å². The van der Waals surface area contributed by atoms with Gasteiger partial charge < -0.3 is 14.5 Å². The Bertz CT molecular complexity index is 1380. The maximum atomic E-state index is 14.4. The summed E-state index contributed by atoms with van der Waals surface area (Å²) in [6.45, 7) is 6.14. The molecule has 188 valence electrons. The number of aromatic nitrogens is 2. The second-order valence-corrected chi connectivity index (χ2v) is 9.55. The number of ether oxygens (including phenoxy) is 1. The Morgan fingerprint density at radius 3 is 2.57 bits per heavy atom. The van der Waals surface area contributed by atoms with E-state index in [9.17, 15) is 9.59 Å². The number of carbonyl (C=O) groups excluding carboxylic acids is 2. The number of rotatable bonds is 4. The summed E-state index contributed by atoms with van der Waals surface area (Å²) < 4.78 is 5.09. The number of carbonyl (C=O) groups is 2. The molecular weight excluding hydrogens is 468 g/mol. The number of hydrogen-bond acceptors (Lipinski definition) is 8. The van der Waals surface area contributed by atoms with Crippen LogP contribution in [0.15, 0.2) is 72.1 Å². The molecule has 0 saturated carbocycles. The average Bonchev–Trinajstić information content (AvgIpc) is 3.19. The monoisotopic (exact) mass is 496 g/mol. The number of para-hydroxylation sites is 1. The first-order chi connectivity index (χ1) is 18.0. The van der Waals surface area contributed by atoms with Crippen molar-refractivity contribution in [3.05, 3.63) is 78.1 Å². The first kappa shape index (κ1) is 23.1. The van der Waals surface area contributed by atoms with Gasteiger partial charge in [-0.2, -0.15) is 10.1 Å². The molecule has 0 unspecified atom stereocenters. The Hall–Kier alpha value is -4.27. The van der Waals surface area contributed by atoms with Gasteiger partial charge in [-0.3, -0.25) is 4.79 Å². The van der Waals surface area contributed by atoms with Gasteiger partial charge in [0.1, 0.15) is 5.41 Å². The number of piperazine rings is 1. The van der Waals surface area contributed by atoms with Crippen LogP contribution in [0.2, 0.25) is 0 Å². The van der Waals surface area contributed by atoms with E-state index in [2.05, 4.69) is 38.0 Å². The summed E-state index contributed by atoms with van der Waals surface area (Å²) in [5, 5.41) is 6.29. The number of amides is 1. The highest BCUT2D eigenvalue weighted by Gasteiger charge is 2.60. The maximum Gasteiger partial charge on any atom is 0.338 e. The molecule has 1 fully saturated rings. The Morgan fingerprint density at radius 2 is 1.81 bits per heavy atom.